The minimum atomic E-state index is -3.96. The number of rotatable bonds is 9. The molecule has 1 N–H and O–H groups in total. The minimum Gasteiger partial charge on any atom is -0.379 e. The van der Waals surface area contributed by atoms with Crippen molar-refractivity contribution in [1.82, 2.24) is 10.2 Å². The van der Waals surface area contributed by atoms with Crippen LogP contribution in [0.2, 0.25) is 5.02 Å². The number of sulfonamides is 1. The van der Waals surface area contributed by atoms with E-state index in [1.807, 2.05) is 0 Å². The number of anilines is 1. The average molecular weight is 464 g/mol. The predicted molar refractivity (Wildman–Crippen MR) is 122 cm³/mol. The van der Waals surface area contributed by atoms with Crippen molar-refractivity contribution in [2.75, 3.05) is 50.2 Å². The highest BCUT2D eigenvalue weighted by molar-refractivity contribution is 7.92. The summed E-state index contributed by atoms with van der Waals surface area (Å²) in [7, 11) is -3.96. The van der Waals surface area contributed by atoms with Crippen molar-refractivity contribution in [2.45, 2.75) is 4.90 Å². The quantitative estimate of drug-likeness (QED) is 0.578. The number of para-hydroxylation sites is 1. The largest absolute Gasteiger partial charge is 0.379 e. The van der Waals surface area contributed by atoms with Crippen molar-refractivity contribution in [2.24, 2.45) is 0 Å². The van der Waals surface area contributed by atoms with Gasteiger partial charge in [0.15, 0.2) is 0 Å². The number of hydrogen-bond acceptors (Lipinski definition) is 5. The van der Waals surface area contributed by atoms with Gasteiger partial charge >= 0.3 is 0 Å². The number of halogens is 1. The van der Waals surface area contributed by atoms with Gasteiger partial charge in [0.1, 0.15) is 0 Å². The molecule has 0 spiro atoms. The summed E-state index contributed by atoms with van der Waals surface area (Å²) in [6, 6.07) is 12.7. The lowest BCUT2D eigenvalue weighted by Crippen LogP contribution is -2.41. The number of nitrogens with one attached hydrogen (secondary N) is 1. The number of carbonyl (C=O) groups is 1. The van der Waals surface area contributed by atoms with E-state index >= 15 is 0 Å². The summed E-state index contributed by atoms with van der Waals surface area (Å²) in [6.45, 7) is 7.95. The Bertz CT molecular complexity index is 1020. The van der Waals surface area contributed by atoms with E-state index in [1.54, 1.807) is 36.4 Å². The lowest BCUT2D eigenvalue weighted by atomic mass is 10.2. The van der Waals surface area contributed by atoms with Gasteiger partial charge in [0.05, 0.1) is 35.4 Å². The molecule has 0 aliphatic carbocycles. The van der Waals surface area contributed by atoms with Crippen LogP contribution in [0.5, 0.6) is 0 Å². The molecule has 1 aliphatic rings. The second kappa shape index (κ2) is 10.8. The molecule has 2 aromatic rings. The molecule has 3 rings (SSSR count). The Labute approximate surface area is 188 Å². The van der Waals surface area contributed by atoms with E-state index < -0.39 is 10.0 Å². The maximum atomic E-state index is 13.3. The van der Waals surface area contributed by atoms with Crippen LogP contribution in [0.1, 0.15) is 10.4 Å². The number of nitrogens with zero attached hydrogens (tertiary/aromatic N) is 2. The fraction of sp³-hybridized carbons (Fsp3) is 0.318. The zero-order valence-corrected chi connectivity index (χ0v) is 18.7. The molecular weight excluding hydrogens is 438 g/mol. The van der Waals surface area contributed by atoms with Gasteiger partial charge in [-0.1, -0.05) is 35.9 Å². The van der Waals surface area contributed by atoms with E-state index in [0.717, 1.165) is 13.1 Å². The highest BCUT2D eigenvalue weighted by atomic mass is 35.5. The second-order valence-electron chi connectivity index (χ2n) is 7.01. The normalized spacial score (nSPS) is 14.7. The molecule has 0 saturated carbocycles. The summed E-state index contributed by atoms with van der Waals surface area (Å²) < 4.78 is 33.2. The number of morpholine rings is 1. The molecule has 1 heterocycles. The van der Waals surface area contributed by atoms with Crippen LogP contribution < -0.4 is 9.62 Å². The fourth-order valence-electron chi connectivity index (χ4n) is 3.28. The van der Waals surface area contributed by atoms with E-state index in [4.69, 9.17) is 16.3 Å². The summed E-state index contributed by atoms with van der Waals surface area (Å²) in [6.07, 6.45) is 1.49. The first kappa shape index (κ1) is 23.3. The smallest absolute Gasteiger partial charge is 0.264 e. The number of amides is 1. The van der Waals surface area contributed by atoms with Crippen molar-refractivity contribution in [3.63, 3.8) is 0 Å². The molecule has 2 aromatic carbocycles. The van der Waals surface area contributed by atoms with Crippen LogP contribution in [-0.2, 0) is 14.8 Å². The molecule has 7 nitrogen and oxygen atoms in total. The van der Waals surface area contributed by atoms with Crippen LogP contribution in [-0.4, -0.2) is 65.2 Å². The van der Waals surface area contributed by atoms with Crippen LogP contribution in [0.4, 0.5) is 5.69 Å². The van der Waals surface area contributed by atoms with Crippen molar-refractivity contribution in [3.8, 4) is 0 Å². The second-order valence-corrected chi connectivity index (χ2v) is 9.28. The molecule has 1 fully saturated rings. The van der Waals surface area contributed by atoms with Gasteiger partial charge < -0.3 is 10.1 Å². The third-order valence-corrected chi connectivity index (χ3v) is 7.01. The predicted octanol–water partition coefficient (Wildman–Crippen LogP) is 2.78. The Hall–Kier alpha value is -2.39. The average Bonchev–Trinajstić information content (AvgIpc) is 2.79. The van der Waals surface area contributed by atoms with Gasteiger partial charge in [-0.2, -0.15) is 0 Å². The highest BCUT2D eigenvalue weighted by Crippen LogP contribution is 2.30. The summed E-state index contributed by atoms with van der Waals surface area (Å²) in [5, 5.41) is 3.16. The molecule has 1 amide bonds. The minimum absolute atomic E-state index is 0.00935. The van der Waals surface area contributed by atoms with Gasteiger partial charge in [-0.3, -0.25) is 14.0 Å². The Balaban J connectivity index is 1.76. The van der Waals surface area contributed by atoms with Crippen LogP contribution in [0.15, 0.2) is 66.1 Å². The molecule has 1 aliphatic heterocycles. The highest BCUT2D eigenvalue weighted by Gasteiger charge is 2.26. The Morgan fingerprint density at radius 3 is 2.65 bits per heavy atom. The van der Waals surface area contributed by atoms with Crippen LogP contribution in [0, 0.1) is 0 Å². The number of ether oxygens (including phenoxy) is 1. The van der Waals surface area contributed by atoms with Crippen molar-refractivity contribution in [1.29, 1.82) is 0 Å². The van der Waals surface area contributed by atoms with Gasteiger partial charge in [-0.15, -0.1) is 6.58 Å². The van der Waals surface area contributed by atoms with Gasteiger partial charge in [0, 0.05) is 31.7 Å². The summed E-state index contributed by atoms with van der Waals surface area (Å²) >= 11 is 6.23. The topological polar surface area (TPSA) is 79.0 Å². The first-order chi connectivity index (χ1) is 14.9. The Morgan fingerprint density at radius 1 is 1.19 bits per heavy atom. The fourth-order valence-corrected chi connectivity index (χ4v) is 5.07. The monoisotopic (exact) mass is 463 g/mol. The number of carbonyl (C=O) groups excluding carboxylic acids is 1. The zero-order chi connectivity index (χ0) is 22.3. The van der Waals surface area contributed by atoms with Crippen molar-refractivity contribution < 1.29 is 17.9 Å². The molecular formula is C22H26ClN3O4S. The standard InChI is InChI=1S/C22H26ClN3O4S/c1-2-11-26(21-9-4-3-8-20(21)23)31(28,29)19-7-5-6-18(17-19)22(27)24-10-12-25-13-15-30-16-14-25/h2-9,17H,1,10-16H2,(H,24,27). The third kappa shape index (κ3) is 5.86. The zero-order valence-electron chi connectivity index (χ0n) is 17.2. The Kier molecular flexibility index (Phi) is 8.09. The van der Waals surface area contributed by atoms with E-state index in [1.165, 1.54) is 22.5 Å². The molecule has 0 atom stereocenters. The van der Waals surface area contributed by atoms with Crippen LogP contribution in [0.25, 0.3) is 0 Å². The van der Waals surface area contributed by atoms with Crippen molar-refractivity contribution >= 4 is 33.2 Å². The molecule has 9 heteroatoms. The molecule has 0 bridgehead atoms. The first-order valence-corrected chi connectivity index (χ1v) is 11.8. The maximum absolute atomic E-state index is 13.3. The maximum Gasteiger partial charge on any atom is 0.264 e. The first-order valence-electron chi connectivity index (χ1n) is 10.00. The SMILES string of the molecule is C=CCN(c1ccccc1Cl)S(=O)(=O)c1cccc(C(=O)NCCN2CCOCC2)c1. The molecule has 0 aromatic heterocycles. The van der Waals surface area contributed by atoms with E-state index in [-0.39, 0.29) is 22.9 Å². The third-order valence-electron chi connectivity index (χ3n) is 4.92. The van der Waals surface area contributed by atoms with E-state index in [2.05, 4.69) is 16.8 Å². The van der Waals surface area contributed by atoms with Gasteiger partial charge in [-0.25, -0.2) is 8.42 Å². The Morgan fingerprint density at radius 2 is 1.94 bits per heavy atom. The van der Waals surface area contributed by atoms with E-state index in [9.17, 15) is 13.2 Å². The molecule has 31 heavy (non-hydrogen) atoms. The summed E-state index contributed by atoms with van der Waals surface area (Å²) in [5.74, 6) is -0.321. The summed E-state index contributed by atoms with van der Waals surface area (Å²) in [5.41, 5.74) is 0.630. The van der Waals surface area contributed by atoms with Gasteiger partial charge in [-0.05, 0) is 30.3 Å². The van der Waals surface area contributed by atoms with Gasteiger partial charge in [0.25, 0.3) is 15.9 Å². The molecule has 0 radical (unpaired) electrons. The van der Waals surface area contributed by atoms with Crippen LogP contribution in [0.3, 0.4) is 0 Å². The number of hydrogen-bond donors (Lipinski definition) is 1. The van der Waals surface area contributed by atoms with Gasteiger partial charge in [0.2, 0.25) is 0 Å². The lowest BCUT2D eigenvalue weighted by molar-refractivity contribution is 0.0383. The van der Waals surface area contributed by atoms with Crippen LogP contribution >= 0.6 is 11.6 Å². The summed E-state index contributed by atoms with van der Waals surface area (Å²) in [4.78, 5) is 14.8. The molecule has 0 unspecified atom stereocenters. The molecule has 1 saturated heterocycles. The van der Waals surface area contributed by atoms with E-state index in [0.29, 0.717) is 37.0 Å². The van der Waals surface area contributed by atoms with Crippen molar-refractivity contribution in [3.05, 3.63) is 71.8 Å². The number of benzene rings is 2. The lowest BCUT2D eigenvalue weighted by Gasteiger charge is -2.26. The molecule has 166 valence electrons.